The molecule has 1 heterocycles. The summed E-state index contributed by atoms with van der Waals surface area (Å²) >= 11 is 12.3. The van der Waals surface area contributed by atoms with Crippen LogP contribution in [0.25, 0.3) is 5.03 Å². The quantitative estimate of drug-likeness (QED) is 0.818. The van der Waals surface area contributed by atoms with Crippen LogP contribution in [0, 0.1) is 0 Å². The summed E-state index contributed by atoms with van der Waals surface area (Å²) in [5.74, 6) is 0.787. The molecule has 3 N–H and O–H groups in total. The molecule has 1 aliphatic heterocycles. The smallest absolute Gasteiger partial charge is 0.128 e. The lowest BCUT2D eigenvalue weighted by Crippen LogP contribution is -2.24. The second-order valence-corrected chi connectivity index (χ2v) is 4.98. The van der Waals surface area contributed by atoms with Gasteiger partial charge in [-0.3, -0.25) is 0 Å². The van der Waals surface area contributed by atoms with E-state index in [1.807, 2.05) is 12.1 Å². The molecule has 0 saturated heterocycles. The predicted molar refractivity (Wildman–Crippen MR) is 76.3 cm³/mol. The first-order chi connectivity index (χ1) is 8.72. The standard InChI is InChI=1S/C13H16Cl2N2O/c14-10-2-3-12-11(6-10)13(15)9(8-18-12)7-17-5-1-4-16/h2-3,6,17H,1,4-5,7-8,16H2. The summed E-state index contributed by atoms with van der Waals surface area (Å²) in [6.07, 6.45) is 0.953. The Bertz CT molecular complexity index is 460. The number of nitrogens with two attached hydrogens (primary N) is 1. The van der Waals surface area contributed by atoms with Gasteiger partial charge in [0.2, 0.25) is 0 Å². The first-order valence-electron chi connectivity index (χ1n) is 5.93. The van der Waals surface area contributed by atoms with Crippen molar-refractivity contribution in [1.82, 2.24) is 5.32 Å². The summed E-state index contributed by atoms with van der Waals surface area (Å²) in [6, 6.07) is 5.48. The van der Waals surface area contributed by atoms with E-state index in [0.29, 0.717) is 24.7 Å². The number of ether oxygens (including phenoxy) is 1. The number of halogens is 2. The van der Waals surface area contributed by atoms with Gasteiger partial charge in [0, 0.05) is 22.7 Å². The van der Waals surface area contributed by atoms with Gasteiger partial charge in [-0.05, 0) is 37.7 Å². The topological polar surface area (TPSA) is 47.3 Å². The molecule has 18 heavy (non-hydrogen) atoms. The van der Waals surface area contributed by atoms with Crippen LogP contribution in [0.15, 0.2) is 23.8 Å². The highest BCUT2D eigenvalue weighted by Gasteiger charge is 2.18. The Balaban J connectivity index is 2.10. The van der Waals surface area contributed by atoms with E-state index in [1.165, 1.54) is 0 Å². The summed E-state index contributed by atoms with van der Waals surface area (Å²) in [7, 11) is 0. The number of hydrogen-bond acceptors (Lipinski definition) is 3. The second-order valence-electron chi connectivity index (χ2n) is 4.17. The van der Waals surface area contributed by atoms with Gasteiger partial charge in [-0.15, -0.1) is 0 Å². The van der Waals surface area contributed by atoms with Gasteiger partial charge in [-0.2, -0.15) is 0 Å². The van der Waals surface area contributed by atoms with Crippen molar-refractivity contribution in [3.63, 3.8) is 0 Å². The van der Waals surface area contributed by atoms with E-state index >= 15 is 0 Å². The van der Waals surface area contributed by atoms with Gasteiger partial charge in [0.05, 0.1) is 5.03 Å². The van der Waals surface area contributed by atoms with Crippen LogP contribution in [0.4, 0.5) is 0 Å². The van der Waals surface area contributed by atoms with Gasteiger partial charge in [0.15, 0.2) is 0 Å². The highest BCUT2D eigenvalue weighted by atomic mass is 35.5. The molecule has 0 aromatic heterocycles. The minimum atomic E-state index is 0.517. The van der Waals surface area contributed by atoms with Crippen molar-refractivity contribution in [1.29, 1.82) is 0 Å². The van der Waals surface area contributed by atoms with E-state index in [9.17, 15) is 0 Å². The lowest BCUT2D eigenvalue weighted by Gasteiger charge is -2.21. The fourth-order valence-electron chi connectivity index (χ4n) is 1.81. The fourth-order valence-corrected chi connectivity index (χ4v) is 2.25. The Morgan fingerprint density at radius 1 is 1.33 bits per heavy atom. The third kappa shape index (κ3) is 3.18. The number of fused-ring (bicyclic) bond motifs is 1. The average Bonchev–Trinajstić information content (AvgIpc) is 2.38. The second kappa shape index (κ2) is 6.43. The van der Waals surface area contributed by atoms with E-state index < -0.39 is 0 Å². The third-order valence-electron chi connectivity index (χ3n) is 2.79. The summed E-state index contributed by atoms with van der Waals surface area (Å²) in [6.45, 7) is 2.80. The van der Waals surface area contributed by atoms with Crippen molar-refractivity contribution in [3.05, 3.63) is 34.4 Å². The first kappa shape index (κ1) is 13.7. The van der Waals surface area contributed by atoms with Crippen molar-refractivity contribution in [2.45, 2.75) is 6.42 Å². The Morgan fingerprint density at radius 2 is 2.17 bits per heavy atom. The molecule has 0 saturated carbocycles. The molecule has 0 bridgehead atoms. The average molecular weight is 287 g/mol. The van der Waals surface area contributed by atoms with E-state index in [4.69, 9.17) is 33.7 Å². The zero-order valence-corrected chi connectivity index (χ0v) is 11.5. The van der Waals surface area contributed by atoms with Gasteiger partial charge in [0.1, 0.15) is 12.4 Å². The van der Waals surface area contributed by atoms with Crippen LogP contribution in [-0.2, 0) is 0 Å². The molecule has 0 fully saturated rings. The van der Waals surface area contributed by atoms with Crippen LogP contribution in [0.1, 0.15) is 12.0 Å². The van der Waals surface area contributed by atoms with Crippen LogP contribution in [0.3, 0.4) is 0 Å². The number of benzene rings is 1. The molecule has 0 radical (unpaired) electrons. The molecule has 0 spiro atoms. The Labute approximate surface area is 117 Å². The van der Waals surface area contributed by atoms with Gasteiger partial charge in [-0.25, -0.2) is 0 Å². The SMILES string of the molecule is NCCCNCC1=C(Cl)c2cc(Cl)ccc2OC1. The predicted octanol–water partition coefficient (Wildman–Crippen LogP) is 2.62. The molecule has 0 unspecified atom stereocenters. The molecular weight excluding hydrogens is 271 g/mol. The molecule has 0 aliphatic carbocycles. The monoisotopic (exact) mass is 286 g/mol. The van der Waals surface area contributed by atoms with E-state index in [1.54, 1.807) is 6.07 Å². The van der Waals surface area contributed by atoms with Crippen molar-refractivity contribution < 1.29 is 4.74 Å². The van der Waals surface area contributed by atoms with Crippen LogP contribution in [-0.4, -0.2) is 26.2 Å². The zero-order valence-electron chi connectivity index (χ0n) is 10.0. The highest BCUT2D eigenvalue weighted by Crippen LogP contribution is 2.36. The maximum Gasteiger partial charge on any atom is 0.128 e. The van der Waals surface area contributed by atoms with Gasteiger partial charge < -0.3 is 15.8 Å². The molecule has 0 amide bonds. The molecule has 1 aliphatic rings. The van der Waals surface area contributed by atoms with E-state index in [0.717, 1.165) is 34.9 Å². The molecule has 2 rings (SSSR count). The molecule has 1 aromatic carbocycles. The minimum absolute atomic E-state index is 0.517. The van der Waals surface area contributed by atoms with Gasteiger partial charge >= 0.3 is 0 Å². The van der Waals surface area contributed by atoms with Gasteiger partial charge in [0.25, 0.3) is 0 Å². The maximum atomic E-state index is 6.37. The Kier molecular flexibility index (Phi) is 4.89. The van der Waals surface area contributed by atoms with Crippen LogP contribution in [0.2, 0.25) is 5.02 Å². The molecule has 5 heteroatoms. The van der Waals surface area contributed by atoms with Gasteiger partial charge in [-0.1, -0.05) is 23.2 Å². The normalized spacial score (nSPS) is 14.4. The molecule has 3 nitrogen and oxygen atoms in total. The highest BCUT2D eigenvalue weighted by molar-refractivity contribution is 6.50. The largest absolute Gasteiger partial charge is 0.488 e. The Hall–Kier alpha value is -0.740. The van der Waals surface area contributed by atoms with Crippen molar-refractivity contribution in [2.24, 2.45) is 5.73 Å². The molecule has 98 valence electrons. The number of rotatable bonds is 5. The summed E-state index contributed by atoms with van der Waals surface area (Å²) < 4.78 is 5.65. The zero-order chi connectivity index (χ0) is 13.0. The third-order valence-corrected chi connectivity index (χ3v) is 3.49. The van der Waals surface area contributed by atoms with Crippen LogP contribution in [0.5, 0.6) is 5.75 Å². The Morgan fingerprint density at radius 3 is 2.94 bits per heavy atom. The first-order valence-corrected chi connectivity index (χ1v) is 6.69. The van der Waals surface area contributed by atoms with Crippen LogP contribution < -0.4 is 15.8 Å². The van der Waals surface area contributed by atoms with Crippen LogP contribution >= 0.6 is 23.2 Å². The number of hydrogen-bond donors (Lipinski definition) is 2. The summed E-state index contributed by atoms with van der Waals surface area (Å²) in [5, 5.41) is 4.69. The lowest BCUT2D eigenvalue weighted by molar-refractivity contribution is 0.342. The minimum Gasteiger partial charge on any atom is -0.488 e. The molecule has 0 atom stereocenters. The lowest BCUT2D eigenvalue weighted by atomic mass is 10.1. The summed E-state index contributed by atoms with van der Waals surface area (Å²) in [5.41, 5.74) is 7.35. The van der Waals surface area contributed by atoms with E-state index in [2.05, 4.69) is 5.32 Å². The van der Waals surface area contributed by atoms with Crippen molar-refractivity contribution in [3.8, 4) is 5.75 Å². The van der Waals surface area contributed by atoms with E-state index in [-0.39, 0.29) is 0 Å². The number of nitrogens with one attached hydrogen (secondary N) is 1. The van der Waals surface area contributed by atoms with Crippen molar-refractivity contribution in [2.75, 3.05) is 26.2 Å². The fraction of sp³-hybridized carbons (Fsp3) is 0.385. The maximum absolute atomic E-state index is 6.37. The van der Waals surface area contributed by atoms with Crippen molar-refractivity contribution >= 4 is 28.2 Å². The molecular formula is C13H16Cl2N2O. The summed E-state index contributed by atoms with van der Waals surface area (Å²) in [4.78, 5) is 0. The molecule has 1 aromatic rings.